The lowest BCUT2D eigenvalue weighted by molar-refractivity contribution is 0.0962. The maximum atomic E-state index is 13.0. The molecule has 33 heavy (non-hydrogen) atoms. The van der Waals surface area contributed by atoms with Crippen molar-refractivity contribution < 1.29 is 4.79 Å². The van der Waals surface area contributed by atoms with E-state index in [0.717, 1.165) is 35.7 Å². The molecule has 1 amide bonds. The summed E-state index contributed by atoms with van der Waals surface area (Å²) in [7, 11) is 0. The van der Waals surface area contributed by atoms with Crippen molar-refractivity contribution in [1.82, 2.24) is 25.1 Å². The number of rotatable bonds is 8. The third-order valence-electron chi connectivity index (χ3n) is 6.02. The molecule has 6 nitrogen and oxygen atoms in total. The Bertz CT molecular complexity index is 1240. The van der Waals surface area contributed by atoms with E-state index in [2.05, 4.69) is 51.3 Å². The predicted octanol–water partition coefficient (Wildman–Crippen LogP) is 5.46. The summed E-state index contributed by atoms with van der Waals surface area (Å²) in [6, 6.07) is 12.8. The number of carbonyl (C=O) groups is 1. The first-order valence-corrected chi connectivity index (χ1v) is 11.4. The number of nitrogens with zero attached hydrogens (tertiary/aromatic N) is 4. The van der Waals surface area contributed by atoms with Crippen LogP contribution in [-0.2, 0) is 0 Å². The van der Waals surface area contributed by atoms with Crippen molar-refractivity contribution in [2.24, 2.45) is 0 Å². The molecule has 0 spiro atoms. The summed E-state index contributed by atoms with van der Waals surface area (Å²) in [5.41, 5.74) is 5.12. The van der Waals surface area contributed by atoms with Crippen LogP contribution < -0.4 is 5.32 Å². The van der Waals surface area contributed by atoms with Crippen LogP contribution in [0.15, 0.2) is 79.4 Å². The molecule has 0 atom stereocenters. The maximum absolute atomic E-state index is 13.0. The van der Waals surface area contributed by atoms with Crippen LogP contribution in [0.5, 0.6) is 0 Å². The van der Waals surface area contributed by atoms with Gasteiger partial charge in [-0.2, -0.15) is 0 Å². The lowest BCUT2D eigenvalue weighted by Crippen LogP contribution is -2.23. The van der Waals surface area contributed by atoms with Gasteiger partial charge >= 0.3 is 0 Å². The molecule has 2 heterocycles. The van der Waals surface area contributed by atoms with Crippen LogP contribution >= 0.6 is 0 Å². The van der Waals surface area contributed by atoms with Gasteiger partial charge in [-0.25, -0.2) is 0 Å². The minimum Gasteiger partial charge on any atom is -0.321 e. The van der Waals surface area contributed by atoms with E-state index in [-0.39, 0.29) is 5.91 Å². The zero-order valence-corrected chi connectivity index (χ0v) is 18.7. The summed E-state index contributed by atoms with van der Waals surface area (Å²) in [6.07, 6.45) is 13.8. The highest BCUT2D eigenvalue weighted by Gasteiger charge is 2.26. The Morgan fingerprint density at radius 3 is 2.61 bits per heavy atom. The fourth-order valence-corrected chi connectivity index (χ4v) is 3.94. The van der Waals surface area contributed by atoms with E-state index in [4.69, 9.17) is 0 Å². The Morgan fingerprint density at radius 1 is 1.12 bits per heavy atom. The molecule has 2 aromatic heterocycles. The summed E-state index contributed by atoms with van der Waals surface area (Å²) in [5.74, 6) is 1.18. The van der Waals surface area contributed by atoms with Gasteiger partial charge in [0.15, 0.2) is 5.82 Å². The van der Waals surface area contributed by atoms with E-state index in [0.29, 0.717) is 23.0 Å². The van der Waals surface area contributed by atoms with Gasteiger partial charge in [0.1, 0.15) is 12.0 Å². The number of allylic oxidation sites excluding steroid dienone is 4. The van der Waals surface area contributed by atoms with E-state index >= 15 is 0 Å². The van der Waals surface area contributed by atoms with E-state index in [1.54, 1.807) is 12.5 Å². The third kappa shape index (κ3) is 4.85. The first-order chi connectivity index (χ1) is 16.1. The van der Waals surface area contributed by atoms with Gasteiger partial charge < -0.3 is 9.88 Å². The highest BCUT2D eigenvalue weighted by Crippen LogP contribution is 2.40. The molecule has 2 saturated carbocycles. The molecule has 2 aliphatic rings. The topological polar surface area (TPSA) is 72.7 Å². The fourth-order valence-electron chi connectivity index (χ4n) is 3.94. The van der Waals surface area contributed by atoms with Gasteiger partial charge in [-0.1, -0.05) is 36.9 Å². The summed E-state index contributed by atoms with van der Waals surface area (Å²) in [4.78, 5) is 17.3. The van der Waals surface area contributed by atoms with Crippen LogP contribution in [-0.4, -0.2) is 25.7 Å². The molecule has 166 valence electrons. The van der Waals surface area contributed by atoms with E-state index in [1.807, 2.05) is 41.9 Å². The van der Waals surface area contributed by atoms with Crippen molar-refractivity contribution in [3.63, 3.8) is 0 Å². The number of benzene rings is 1. The molecular weight excluding hydrogens is 410 g/mol. The molecule has 1 N–H and O–H groups in total. The predicted molar refractivity (Wildman–Crippen MR) is 129 cm³/mol. The lowest BCUT2D eigenvalue weighted by Gasteiger charge is -2.09. The smallest absolute Gasteiger partial charge is 0.274 e. The van der Waals surface area contributed by atoms with Gasteiger partial charge in [0.2, 0.25) is 0 Å². The van der Waals surface area contributed by atoms with Crippen LogP contribution in [0.3, 0.4) is 0 Å². The van der Waals surface area contributed by atoms with Crippen LogP contribution in [0.4, 0.5) is 0 Å². The van der Waals surface area contributed by atoms with Crippen LogP contribution in [0.25, 0.3) is 16.7 Å². The quantitative estimate of drug-likeness (QED) is 0.475. The Hall–Kier alpha value is -3.80. The molecule has 3 aromatic rings. The zero-order valence-electron chi connectivity index (χ0n) is 18.7. The molecule has 0 bridgehead atoms. The van der Waals surface area contributed by atoms with E-state index in [9.17, 15) is 4.79 Å². The Morgan fingerprint density at radius 2 is 1.91 bits per heavy atom. The lowest BCUT2D eigenvalue weighted by atomic mass is 10.0. The first kappa shape index (κ1) is 21.1. The molecule has 1 aromatic carbocycles. The Balaban J connectivity index is 1.33. The van der Waals surface area contributed by atoms with E-state index < -0.39 is 0 Å². The largest absolute Gasteiger partial charge is 0.321 e. The number of hydrogen-bond acceptors (Lipinski definition) is 4. The summed E-state index contributed by atoms with van der Waals surface area (Å²) in [5, 5.41) is 11.2. The zero-order chi connectivity index (χ0) is 22.8. The monoisotopic (exact) mass is 437 g/mol. The normalized spacial score (nSPS) is 16.2. The van der Waals surface area contributed by atoms with Crippen molar-refractivity contribution in [2.75, 3.05) is 0 Å². The molecule has 6 heteroatoms. The molecule has 2 aliphatic carbocycles. The summed E-state index contributed by atoms with van der Waals surface area (Å²) >= 11 is 0. The Kier molecular flexibility index (Phi) is 5.73. The van der Waals surface area contributed by atoms with Crippen molar-refractivity contribution in [1.29, 1.82) is 0 Å². The van der Waals surface area contributed by atoms with Gasteiger partial charge in [-0.15, -0.1) is 10.2 Å². The first-order valence-electron chi connectivity index (χ1n) is 11.4. The number of amides is 1. The SMILES string of the molecule is C=C(C=C(C=CC)NC(=O)c1cc(-c2ccc(C3CC3)cc2)ccn1)c1nncn1C1CC1. The molecule has 0 unspecified atom stereocenters. The van der Waals surface area contributed by atoms with Gasteiger partial charge in [0.05, 0.1) is 0 Å². The van der Waals surface area contributed by atoms with Gasteiger partial charge in [0, 0.05) is 23.5 Å². The second-order valence-corrected chi connectivity index (χ2v) is 8.70. The number of hydrogen-bond donors (Lipinski definition) is 1. The molecule has 0 aliphatic heterocycles. The fraction of sp³-hybridized carbons (Fsp3) is 0.259. The number of nitrogens with one attached hydrogen (secondary N) is 1. The average molecular weight is 438 g/mol. The number of carbonyl (C=O) groups excluding carboxylic acids is 1. The maximum Gasteiger partial charge on any atom is 0.274 e. The van der Waals surface area contributed by atoms with Crippen molar-refractivity contribution >= 4 is 11.5 Å². The molecular formula is C27H27N5O. The van der Waals surface area contributed by atoms with Crippen LogP contribution in [0, 0.1) is 0 Å². The van der Waals surface area contributed by atoms with Gasteiger partial charge in [0.25, 0.3) is 5.91 Å². The summed E-state index contributed by atoms with van der Waals surface area (Å²) < 4.78 is 2.05. The van der Waals surface area contributed by atoms with Crippen molar-refractivity contribution in [2.45, 2.75) is 44.6 Å². The number of aromatic nitrogens is 4. The molecule has 0 saturated heterocycles. The standard InChI is InChI=1S/C27H27N5O/c1-3-4-23(15-18(2)26-31-29-17-32(26)24-11-12-24)30-27(33)25-16-22(13-14-28-25)21-9-7-20(8-10-21)19-5-6-19/h3-4,7-10,13-17,19,24H,2,5-6,11-12H2,1H3,(H,30,33). The van der Waals surface area contributed by atoms with Crippen LogP contribution in [0.2, 0.25) is 0 Å². The molecule has 5 rings (SSSR count). The van der Waals surface area contributed by atoms with Crippen LogP contribution in [0.1, 0.15) is 66.4 Å². The highest BCUT2D eigenvalue weighted by molar-refractivity contribution is 5.95. The number of pyridine rings is 1. The summed E-state index contributed by atoms with van der Waals surface area (Å²) in [6.45, 7) is 6.05. The second-order valence-electron chi connectivity index (χ2n) is 8.70. The van der Waals surface area contributed by atoms with Crippen molar-refractivity contribution in [3.05, 3.63) is 96.5 Å². The van der Waals surface area contributed by atoms with Crippen molar-refractivity contribution in [3.8, 4) is 11.1 Å². The highest BCUT2D eigenvalue weighted by atomic mass is 16.1. The average Bonchev–Trinajstić information content (AvgIpc) is 3.78. The minimum absolute atomic E-state index is 0.271. The second kappa shape index (κ2) is 8.98. The van der Waals surface area contributed by atoms with Gasteiger partial charge in [-0.05, 0) is 79.5 Å². The Labute approximate surface area is 193 Å². The minimum atomic E-state index is -0.271. The molecule has 0 radical (unpaired) electrons. The molecule has 2 fully saturated rings. The van der Waals surface area contributed by atoms with E-state index in [1.165, 1.54) is 18.4 Å². The van der Waals surface area contributed by atoms with Gasteiger partial charge in [-0.3, -0.25) is 9.78 Å². The third-order valence-corrected chi connectivity index (χ3v) is 6.02.